The van der Waals surface area contributed by atoms with Crippen molar-refractivity contribution in [3.05, 3.63) is 23.3 Å². The Balaban J connectivity index is 1.52. The van der Waals surface area contributed by atoms with Gasteiger partial charge in [-0.3, -0.25) is 0 Å². The molecule has 0 aromatic heterocycles. The first-order valence-electron chi connectivity index (χ1n) is 10.7. The second kappa shape index (κ2) is 8.58. The lowest BCUT2D eigenvalue weighted by Crippen LogP contribution is -2.36. The first-order chi connectivity index (χ1) is 12.3. The van der Waals surface area contributed by atoms with Crippen LogP contribution in [-0.2, 0) is 4.74 Å². The molecule has 0 heterocycles. The van der Waals surface area contributed by atoms with Gasteiger partial charge in [-0.2, -0.15) is 0 Å². The standard InChI is InChI=1S/C23H38O3/c1-22(2,25)17-26-21-10-13-23(14-11-21)12-4-6-19(16-23)9-8-18-5-3-7-20(24)15-18/h8-9,20-21,24-25H,3-7,10-17H2,1-2H3/b18-8-,19-9+. The highest BCUT2D eigenvalue weighted by Gasteiger charge is 2.38. The Bertz CT molecular complexity index is 518. The highest BCUT2D eigenvalue weighted by atomic mass is 16.5. The van der Waals surface area contributed by atoms with E-state index >= 15 is 0 Å². The Morgan fingerprint density at radius 3 is 2.42 bits per heavy atom. The van der Waals surface area contributed by atoms with E-state index in [4.69, 9.17) is 4.74 Å². The highest BCUT2D eigenvalue weighted by Crippen LogP contribution is 2.49. The highest BCUT2D eigenvalue weighted by molar-refractivity contribution is 5.22. The molecule has 3 saturated carbocycles. The van der Waals surface area contributed by atoms with Crippen molar-refractivity contribution < 1.29 is 14.9 Å². The van der Waals surface area contributed by atoms with Gasteiger partial charge in [0.25, 0.3) is 0 Å². The minimum Gasteiger partial charge on any atom is -0.393 e. The zero-order valence-electron chi connectivity index (χ0n) is 16.8. The van der Waals surface area contributed by atoms with Gasteiger partial charge in [-0.05, 0) is 96.3 Å². The molecule has 3 nitrogen and oxygen atoms in total. The summed E-state index contributed by atoms with van der Waals surface area (Å²) in [5.41, 5.74) is 2.80. The van der Waals surface area contributed by atoms with Crippen LogP contribution in [0.25, 0.3) is 0 Å². The Morgan fingerprint density at radius 1 is 1.04 bits per heavy atom. The fourth-order valence-corrected chi connectivity index (χ4v) is 5.07. The van der Waals surface area contributed by atoms with E-state index in [1.54, 1.807) is 5.57 Å². The average Bonchev–Trinajstić information content (AvgIpc) is 2.59. The van der Waals surface area contributed by atoms with Crippen molar-refractivity contribution in [2.75, 3.05) is 6.61 Å². The van der Waals surface area contributed by atoms with Gasteiger partial charge < -0.3 is 14.9 Å². The van der Waals surface area contributed by atoms with E-state index in [0.717, 1.165) is 38.5 Å². The lowest BCUT2D eigenvalue weighted by Gasteiger charge is -2.44. The molecule has 0 aromatic carbocycles. The minimum absolute atomic E-state index is 0.120. The van der Waals surface area contributed by atoms with Gasteiger partial charge in [-0.15, -0.1) is 0 Å². The molecule has 3 aliphatic carbocycles. The van der Waals surface area contributed by atoms with Crippen molar-refractivity contribution in [1.82, 2.24) is 0 Å². The SMILES string of the molecule is CC(C)(O)COC1CCC2(CCC/C(=C\C=C3\CCCC(O)C3)C2)CC1. The quantitative estimate of drug-likeness (QED) is 0.734. The number of aliphatic hydroxyl groups excluding tert-OH is 1. The largest absolute Gasteiger partial charge is 0.393 e. The van der Waals surface area contributed by atoms with Gasteiger partial charge in [0.2, 0.25) is 0 Å². The molecule has 3 aliphatic rings. The Kier molecular flexibility index (Phi) is 6.63. The third-order valence-electron chi connectivity index (χ3n) is 6.56. The van der Waals surface area contributed by atoms with Crippen LogP contribution in [0, 0.1) is 5.41 Å². The van der Waals surface area contributed by atoms with Crippen LogP contribution in [-0.4, -0.2) is 34.6 Å². The maximum Gasteiger partial charge on any atom is 0.0824 e. The van der Waals surface area contributed by atoms with Crippen molar-refractivity contribution >= 4 is 0 Å². The van der Waals surface area contributed by atoms with Gasteiger partial charge in [0.05, 0.1) is 24.4 Å². The Labute approximate surface area is 159 Å². The predicted octanol–water partition coefficient (Wildman–Crippen LogP) is 5.06. The third kappa shape index (κ3) is 5.94. The van der Waals surface area contributed by atoms with Crippen LogP contribution in [0.15, 0.2) is 23.3 Å². The summed E-state index contributed by atoms with van der Waals surface area (Å²) < 4.78 is 5.95. The molecule has 0 aliphatic heterocycles. The summed E-state index contributed by atoms with van der Waals surface area (Å²) in [4.78, 5) is 0. The summed E-state index contributed by atoms with van der Waals surface area (Å²) in [6.07, 6.45) is 19.0. The molecule has 0 amide bonds. The van der Waals surface area contributed by atoms with Crippen molar-refractivity contribution in [2.45, 2.75) is 109 Å². The zero-order chi connectivity index (χ0) is 18.6. The van der Waals surface area contributed by atoms with Crippen molar-refractivity contribution in [2.24, 2.45) is 5.41 Å². The minimum atomic E-state index is -0.726. The van der Waals surface area contributed by atoms with Gasteiger partial charge in [0, 0.05) is 0 Å². The van der Waals surface area contributed by atoms with Crippen LogP contribution in [0.3, 0.4) is 0 Å². The van der Waals surface area contributed by atoms with E-state index in [0.29, 0.717) is 18.1 Å². The first kappa shape index (κ1) is 20.1. The molecule has 0 radical (unpaired) electrons. The fraction of sp³-hybridized carbons (Fsp3) is 0.826. The van der Waals surface area contributed by atoms with E-state index in [1.807, 2.05) is 13.8 Å². The van der Waals surface area contributed by atoms with E-state index in [2.05, 4.69) is 12.2 Å². The number of allylic oxidation sites excluding steroid dienone is 3. The van der Waals surface area contributed by atoms with Gasteiger partial charge in [0.1, 0.15) is 0 Å². The smallest absolute Gasteiger partial charge is 0.0824 e. The fourth-order valence-electron chi connectivity index (χ4n) is 5.07. The van der Waals surface area contributed by atoms with E-state index < -0.39 is 5.60 Å². The molecule has 3 rings (SSSR count). The molecule has 26 heavy (non-hydrogen) atoms. The van der Waals surface area contributed by atoms with Crippen LogP contribution in [0.5, 0.6) is 0 Å². The van der Waals surface area contributed by atoms with E-state index in [1.165, 1.54) is 44.1 Å². The van der Waals surface area contributed by atoms with Crippen LogP contribution in [0.2, 0.25) is 0 Å². The average molecular weight is 363 g/mol. The molecular formula is C23H38O3. The molecule has 1 atom stereocenters. The number of rotatable bonds is 4. The lowest BCUT2D eigenvalue weighted by molar-refractivity contribution is -0.0751. The summed E-state index contributed by atoms with van der Waals surface area (Å²) in [7, 11) is 0. The van der Waals surface area contributed by atoms with Crippen LogP contribution < -0.4 is 0 Å². The Hall–Kier alpha value is -0.640. The van der Waals surface area contributed by atoms with Gasteiger partial charge >= 0.3 is 0 Å². The number of aliphatic hydroxyl groups is 2. The topological polar surface area (TPSA) is 49.7 Å². The van der Waals surface area contributed by atoms with Gasteiger partial charge in [-0.1, -0.05) is 23.3 Å². The summed E-state index contributed by atoms with van der Waals surface area (Å²) >= 11 is 0. The molecular weight excluding hydrogens is 324 g/mol. The second-order valence-electron chi connectivity index (χ2n) is 9.75. The molecule has 1 unspecified atom stereocenters. The first-order valence-corrected chi connectivity index (χ1v) is 10.7. The predicted molar refractivity (Wildman–Crippen MR) is 106 cm³/mol. The van der Waals surface area contributed by atoms with E-state index in [9.17, 15) is 10.2 Å². The second-order valence-corrected chi connectivity index (χ2v) is 9.75. The number of ether oxygens (including phenoxy) is 1. The maximum atomic E-state index is 9.85. The number of hydrogen-bond donors (Lipinski definition) is 2. The normalized spacial score (nSPS) is 36.8. The van der Waals surface area contributed by atoms with Crippen LogP contribution in [0.4, 0.5) is 0 Å². The Morgan fingerprint density at radius 2 is 1.73 bits per heavy atom. The molecule has 148 valence electrons. The van der Waals surface area contributed by atoms with Crippen molar-refractivity contribution in [3.8, 4) is 0 Å². The van der Waals surface area contributed by atoms with Gasteiger partial charge in [-0.25, -0.2) is 0 Å². The molecule has 0 bridgehead atoms. The van der Waals surface area contributed by atoms with Crippen LogP contribution in [0.1, 0.15) is 90.9 Å². The molecule has 1 spiro atoms. The third-order valence-corrected chi connectivity index (χ3v) is 6.56. The summed E-state index contributed by atoms with van der Waals surface area (Å²) in [5.74, 6) is 0. The zero-order valence-corrected chi connectivity index (χ0v) is 16.8. The molecule has 2 N–H and O–H groups in total. The van der Waals surface area contributed by atoms with Gasteiger partial charge in [0.15, 0.2) is 0 Å². The monoisotopic (exact) mass is 362 g/mol. The van der Waals surface area contributed by atoms with Crippen LogP contribution >= 0.6 is 0 Å². The number of hydrogen-bond acceptors (Lipinski definition) is 3. The molecule has 3 heteroatoms. The maximum absolute atomic E-state index is 9.85. The lowest BCUT2D eigenvalue weighted by atomic mass is 9.63. The molecule has 0 aromatic rings. The van der Waals surface area contributed by atoms with E-state index in [-0.39, 0.29) is 6.10 Å². The van der Waals surface area contributed by atoms with Crippen molar-refractivity contribution in [3.63, 3.8) is 0 Å². The molecule has 0 saturated heterocycles. The summed E-state index contributed by atoms with van der Waals surface area (Å²) in [5, 5.41) is 19.7. The van der Waals surface area contributed by atoms with Crippen molar-refractivity contribution in [1.29, 1.82) is 0 Å². The summed E-state index contributed by atoms with van der Waals surface area (Å²) in [6, 6.07) is 0. The molecule has 3 fully saturated rings. The summed E-state index contributed by atoms with van der Waals surface area (Å²) in [6.45, 7) is 4.07.